The molecule has 1 atom stereocenters. The maximum Gasteiger partial charge on any atom is 0.338 e. The first-order valence-corrected chi connectivity index (χ1v) is 17.2. The number of piperazine rings is 1. The fourth-order valence-corrected chi connectivity index (χ4v) is 6.49. The van der Waals surface area contributed by atoms with Crippen LogP contribution in [0.2, 0.25) is 5.02 Å². The topological polar surface area (TPSA) is 94.7 Å². The zero-order valence-electron chi connectivity index (χ0n) is 27.4. The number of esters is 1. The number of anilines is 3. The summed E-state index contributed by atoms with van der Waals surface area (Å²) >= 11 is 12.1. The zero-order valence-corrected chi connectivity index (χ0v) is 29.0. The Balaban J connectivity index is 1.24. The van der Waals surface area contributed by atoms with Crippen LogP contribution in [-0.2, 0) is 14.3 Å². The quantitative estimate of drug-likeness (QED) is 0.165. The number of carbonyl (C=O) groups is 3. The summed E-state index contributed by atoms with van der Waals surface area (Å²) in [6.45, 7) is 9.61. The summed E-state index contributed by atoms with van der Waals surface area (Å²) in [5, 5.41) is 3.98. The van der Waals surface area contributed by atoms with Crippen molar-refractivity contribution in [3.63, 3.8) is 0 Å². The first-order chi connectivity index (χ1) is 23.3. The molecule has 1 N–H and O–H groups in total. The molecule has 0 unspecified atom stereocenters. The van der Waals surface area contributed by atoms with Crippen molar-refractivity contribution in [3.05, 3.63) is 83.4 Å². The van der Waals surface area contributed by atoms with Crippen molar-refractivity contribution in [2.24, 2.45) is 0 Å². The molecule has 2 aliphatic heterocycles. The third-order valence-corrected chi connectivity index (χ3v) is 9.02. The van der Waals surface area contributed by atoms with E-state index in [1.807, 2.05) is 42.2 Å². The average Bonchev–Trinajstić information content (AvgIpc) is 3.32. The number of hydrogen-bond acceptors (Lipinski definition) is 8. The van der Waals surface area contributed by atoms with Gasteiger partial charge >= 0.3 is 5.97 Å². The molecule has 0 aromatic heterocycles. The van der Waals surface area contributed by atoms with Crippen molar-refractivity contribution in [2.45, 2.75) is 39.2 Å². The fourth-order valence-electron chi connectivity index (χ4n) is 5.90. The minimum atomic E-state index is -0.769. The smallest absolute Gasteiger partial charge is 0.338 e. The maximum atomic E-state index is 13.9. The van der Waals surface area contributed by atoms with E-state index in [1.165, 1.54) is 4.90 Å². The zero-order chi connectivity index (χ0) is 34.0. The van der Waals surface area contributed by atoms with Gasteiger partial charge in [0.15, 0.2) is 5.11 Å². The molecule has 0 bridgehead atoms. The largest absolute Gasteiger partial charge is 0.494 e. The molecule has 2 saturated heterocycles. The van der Waals surface area contributed by atoms with E-state index < -0.39 is 12.0 Å². The van der Waals surface area contributed by atoms with E-state index in [1.54, 1.807) is 43.3 Å². The second kappa shape index (κ2) is 16.8. The Morgan fingerprint density at radius 2 is 1.67 bits per heavy atom. The lowest BCUT2D eigenvalue weighted by Gasteiger charge is -2.36. The van der Waals surface area contributed by atoms with E-state index in [0.29, 0.717) is 35.2 Å². The van der Waals surface area contributed by atoms with Crippen molar-refractivity contribution in [1.82, 2.24) is 9.80 Å². The highest BCUT2D eigenvalue weighted by atomic mass is 35.5. The molecule has 3 aromatic rings. The molecular formula is C36H42ClN5O5S. The number of carbonyl (C=O) groups excluding carboxylic acids is 3. The van der Waals surface area contributed by atoms with Gasteiger partial charge in [-0.1, -0.05) is 24.6 Å². The summed E-state index contributed by atoms with van der Waals surface area (Å²) in [4.78, 5) is 47.5. The van der Waals surface area contributed by atoms with Gasteiger partial charge < -0.3 is 24.6 Å². The Hall–Kier alpha value is -4.19. The van der Waals surface area contributed by atoms with Crippen LogP contribution in [-0.4, -0.2) is 91.2 Å². The van der Waals surface area contributed by atoms with Gasteiger partial charge in [-0.2, -0.15) is 0 Å². The highest BCUT2D eigenvalue weighted by Crippen LogP contribution is 2.29. The Bertz CT molecular complexity index is 1580. The van der Waals surface area contributed by atoms with Crippen molar-refractivity contribution in [3.8, 4) is 5.75 Å². The van der Waals surface area contributed by atoms with Crippen molar-refractivity contribution in [2.75, 3.05) is 67.6 Å². The highest BCUT2D eigenvalue weighted by Gasteiger charge is 2.44. The van der Waals surface area contributed by atoms with Gasteiger partial charge in [0.1, 0.15) is 11.8 Å². The summed E-state index contributed by atoms with van der Waals surface area (Å²) in [5.74, 6) is -0.278. The third-order valence-electron chi connectivity index (χ3n) is 8.36. The van der Waals surface area contributed by atoms with Crippen molar-refractivity contribution in [1.29, 1.82) is 0 Å². The van der Waals surface area contributed by atoms with Crippen LogP contribution in [0.25, 0.3) is 0 Å². The van der Waals surface area contributed by atoms with Crippen LogP contribution in [0.5, 0.6) is 5.75 Å². The molecule has 2 aliphatic rings. The molecule has 10 nitrogen and oxygen atoms in total. The molecule has 48 heavy (non-hydrogen) atoms. The summed E-state index contributed by atoms with van der Waals surface area (Å²) < 4.78 is 10.7. The molecule has 0 saturated carbocycles. The maximum absolute atomic E-state index is 13.9. The molecule has 2 fully saturated rings. The lowest BCUT2D eigenvalue weighted by molar-refractivity contribution is -0.124. The Morgan fingerprint density at radius 1 is 0.938 bits per heavy atom. The van der Waals surface area contributed by atoms with Gasteiger partial charge in [0.2, 0.25) is 5.91 Å². The molecular weight excluding hydrogens is 650 g/mol. The van der Waals surface area contributed by atoms with Gasteiger partial charge in [-0.25, -0.2) is 4.79 Å². The monoisotopic (exact) mass is 691 g/mol. The van der Waals surface area contributed by atoms with E-state index >= 15 is 0 Å². The molecule has 3 aromatic carbocycles. The van der Waals surface area contributed by atoms with Crippen LogP contribution in [0.15, 0.2) is 72.8 Å². The summed E-state index contributed by atoms with van der Waals surface area (Å²) in [5.41, 5.74) is 2.66. The normalized spacial score (nSPS) is 16.7. The Labute approximate surface area is 292 Å². The molecule has 254 valence electrons. The number of thiocarbonyl (C=S) groups is 1. The molecule has 12 heteroatoms. The van der Waals surface area contributed by atoms with Crippen molar-refractivity contribution < 1.29 is 23.9 Å². The van der Waals surface area contributed by atoms with E-state index in [0.717, 1.165) is 62.0 Å². The Kier molecular flexibility index (Phi) is 12.3. The first-order valence-electron chi connectivity index (χ1n) is 16.4. The minimum absolute atomic E-state index is 0.0667. The summed E-state index contributed by atoms with van der Waals surface area (Å²) in [7, 11) is 0. The van der Waals surface area contributed by atoms with E-state index in [2.05, 4.69) is 21.2 Å². The fraction of sp³-hybridized carbons (Fsp3) is 0.389. The molecule has 0 spiro atoms. The SMILES string of the molecule is CCCOc1ccc(NC(=O)C[C@@H]2C(=O)N(c3ccc(C(=O)OCC)cc3)C(=S)N2CCCN2CCN(c3cccc(Cl)c3)CC2)cc1. The Morgan fingerprint density at radius 3 is 2.33 bits per heavy atom. The van der Waals surface area contributed by atoms with Crippen LogP contribution in [0.4, 0.5) is 17.1 Å². The van der Waals surface area contributed by atoms with Gasteiger partial charge in [-0.15, -0.1) is 0 Å². The van der Waals surface area contributed by atoms with Crippen LogP contribution in [0, 0.1) is 0 Å². The second-order valence-corrected chi connectivity index (χ2v) is 12.5. The summed E-state index contributed by atoms with van der Waals surface area (Å²) in [6, 6.07) is 20.9. The summed E-state index contributed by atoms with van der Waals surface area (Å²) in [6.07, 6.45) is 1.60. The third kappa shape index (κ3) is 8.83. The lowest BCUT2D eigenvalue weighted by atomic mass is 10.1. The number of benzene rings is 3. The van der Waals surface area contributed by atoms with Gasteiger partial charge in [0.25, 0.3) is 5.91 Å². The standard InChI is InChI=1S/C36H42ClN5O5S/c1-3-23-47-31-15-11-28(12-16-31)38-33(43)25-32-34(44)42(29-13-9-26(10-14-29)35(45)46-4-2)36(48)41(32)18-6-17-39-19-21-40(22-20-39)30-8-5-7-27(37)24-30/h5,7-16,24,32H,3-4,6,17-23,25H2,1-2H3,(H,38,43)/t32-/m1/s1. The lowest BCUT2D eigenvalue weighted by Crippen LogP contribution is -2.47. The van der Waals surface area contributed by atoms with Crippen LogP contribution in [0.3, 0.4) is 0 Å². The second-order valence-electron chi connectivity index (χ2n) is 11.7. The van der Waals surface area contributed by atoms with Gasteiger partial charge in [0, 0.05) is 49.1 Å². The highest BCUT2D eigenvalue weighted by molar-refractivity contribution is 7.80. The molecule has 2 heterocycles. The molecule has 5 rings (SSSR count). The van der Waals surface area contributed by atoms with Gasteiger partial charge in [-0.3, -0.25) is 19.4 Å². The van der Waals surface area contributed by atoms with Gasteiger partial charge in [0.05, 0.1) is 30.9 Å². The number of nitrogens with one attached hydrogen (secondary N) is 1. The number of ether oxygens (including phenoxy) is 2. The first kappa shape index (κ1) is 35.1. The predicted octanol–water partition coefficient (Wildman–Crippen LogP) is 5.85. The van der Waals surface area contributed by atoms with Crippen molar-refractivity contribution >= 4 is 63.8 Å². The minimum Gasteiger partial charge on any atom is -0.494 e. The number of nitrogens with zero attached hydrogens (tertiary/aromatic N) is 4. The van der Waals surface area contributed by atoms with E-state index in [4.69, 9.17) is 33.3 Å². The number of rotatable bonds is 14. The van der Waals surface area contributed by atoms with Crippen LogP contribution < -0.4 is 19.9 Å². The van der Waals surface area contributed by atoms with E-state index in [-0.39, 0.29) is 24.8 Å². The van der Waals surface area contributed by atoms with E-state index in [9.17, 15) is 14.4 Å². The predicted molar refractivity (Wildman–Crippen MR) is 193 cm³/mol. The number of halogens is 1. The molecule has 0 radical (unpaired) electrons. The number of amides is 2. The number of hydrogen-bond donors (Lipinski definition) is 1. The average molecular weight is 692 g/mol. The molecule has 2 amide bonds. The molecule has 0 aliphatic carbocycles. The van der Waals surface area contributed by atoms with Gasteiger partial charge in [-0.05, 0) is 105 Å². The van der Waals surface area contributed by atoms with Crippen LogP contribution in [0.1, 0.15) is 43.5 Å². The van der Waals surface area contributed by atoms with Crippen LogP contribution >= 0.6 is 23.8 Å².